The number of hydrogen-bond acceptors (Lipinski definition) is 7. The van der Waals surface area contributed by atoms with E-state index >= 15 is 0 Å². The first kappa shape index (κ1) is 25.4. The summed E-state index contributed by atoms with van der Waals surface area (Å²) in [4.78, 5) is 40.4. The van der Waals surface area contributed by atoms with E-state index in [-0.39, 0.29) is 23.0 Å². The van der Waals surface area contributed by atoms with Crippen LogP contribution >= 0.6 is 0 Å². The van der Waals surface area contributed by atoms with Crippen LogP contribution in [0.15, 0.2) is 80.9 Å². The zero-order valence-corrected chi connectivity index (χ0v) is 22.4. The molecule has 0 fully saturated rings. The first-order valence-corrected chi connectivity index (χ1v) is 12.9. The zero-order chi connectivity index (χ0) is 28.0. The Morgan fingerprint density at radius 1 is 1.00 bits per heavy atom. The van der Waals surface area contributed by atoms with Gasteiger partial charge in [0.2, 0.25) is 5.43 Å². The normalized spacial score (nSPS) is 13.0. The van der Waals surface area contributed by atoms with Gasteiger partial charge in [-0.3, -0.25) is 14.4 Å². The second kappa shape index (κ2) is 10.0. The van der Waals surface area contributed by atoms with Crippen LogP contribution in [0.2, 0.25) is 0 Å². The second-order valence-corrected chi connectivity index (χ2v) is 9.76. The molecule has 0 unspecified atom stereocenters. The third-order valence-corrected chi connectivity index (χ3v) is 7.71. The topological polar surface area (TPSA) is 97.0 Å². The van der Waals surface area contributed by atoms with Gasteiger partial charge in [-0.25, -0.2) is 0 Å². The molecular weight excluding hydrogens is 510 g/mol. The molecule has 40 heavy (non-hydrogen) atoms. The van der Waals surface area contributed by atoms with Crippen molar-refractivity contribution in [3.8, 4) is 22.6 Å². The van der Waals surface area contributed by atoms with Crippen LogP contribution in [0.5, 0.6) is 11.5 Å². The molecule has 0 radical (unpaired) electrons. The molecule has 3 aromatic carbocycles. The third kappa shape index (κ3) is 4.04. The molecule has 0 saturated carbocycles. The van der Waals surface area contributed by atoms with Crippen LogP contribution in [0.1, 0.15) is 29.0 Å². The van der Waals surface area contributed by atoms with E-state index in [1.807, 2.05) is 24.3 Å². The van der Waals surface area contributed by atoms with Crippen molar-refractivity contribution in [3.05, 3.63) is 104 Å². The number of hydrogen-bond donors (Lipinski definition) is 0. The van der Waals surface area contributed by atoms with Crippen molar-refractivity contribution >= 4 is 27.8 Å². The van der Waals surface area contributed by atoms with Gasteiger partial charge in [-0.1, -0.05) is 30.3 Å². The van der Waals surface area contributed by atoms with E-state index in [1.165, 1.54) is 20.5 Å². The fourth-order valence-electron chi connectivity index (χ4n) is 5.74. The summed E-state index contributed by atoms with van der Waals surface area (Å²) in [6.07, 6.45) is 2.03. The molecule has 1 aliphatic rings. The molecule has 1 aliphatic heterocycles. The summed E-state index contributed by atoms with van der Waals surface area (Å²) in [5.41, 5.74) is 3.75. The number of aryl methyl sites for hydroxylation is 2. The standard InChI is InChI=1S/C32H27NO7/c1-37-21-9-7-18(8-10-21)25-17-40-31-22(30(25)35)11-12-26(38-2)28(31)23(16-27(34)39-3)24-15-20-6-4-5-19-13-14-33(29(19)20)32(24)36/h4-12,15,17,23H,13-14,16H2,1-3H3/t23-/m0/s1. The van der Waals surface area contributed by atoms with Gasteiger partial charge >= 0.3 is 5.97 Å². The van der Waals surface area contributed by atoms with E-state index in [0.717, 1.165) is 22.9 Å². The van der Waals surface area contributed by atoms with Crippen LogP contribution in [0, 0.1) is 0 Å². The van der Waals surface area contributed by atoms with Gasteiger partial charge in [0.1, 0.15) is 23.3 Å². The van der Waals surface area contributed by atoms with E-state index in [0.29, 0.717) is 45.7 Å². The number of fused-ring (bicyclic) bond motifs is 1. The van der Waals surface area contributed by atoms with Crippen molar-refractivity contribution in [1.29, 1.82) is 0 Å². The minimum Gasteiger partial charge on any atom is -0.497 e. The lowest BCUT2D eigenvalue weighted by Gasteiger charge is -2.21. The number of rotatable bonds is 7. The molecule has 0 spiro atoms. The molecule has 0 saturated heterocycles. The van der Waals surface area contributed by atoms with Gasteiger partial charge in [0.05, 0.1) is 44.2 Å². The summed E-state index contributed by atoms with van der Waals surface area (Å²) in [6, 6.07) is 18.2. The molecule has 0 amide bonds. The van der Waals surface area contributed by atoms with Gasteiger partial charge in [-0.2, -0.15) is 0 Å². The van der Waals surface area contributed by atoms with Gasteiger partial charge < -0.3 is 23.2 Å². The molecule has 202 valence electrons. The number of carbonyl (C=O) groups is 1. The van der Waals surface area contributed by atoms with Crippen molar-refractivity contribution < 1.29 is 23.4 Å². The number of benzene rings is 3. The SMILES string of the molecule is COC(=O)C[C@@H](c1cc2cccc3c2n(c1=O)CC3)c1c(OC)ccc2c(=O)c(-c3ccc(OC)cc3)coc12. The maximum absolute atomic E-state index is 13.9. The van der Waals surface area contributed by atoms with Crippen LogP contribution in [0.3, 0.4) is 0 Å². The van der Waals surface area contributed by atoms with Gasteiger partial charge in [0, 0.05) is 23.6 Å². The summed E-state index contributed by atoms with van der Waals surface area (Å²) in [5.74, 6) is -0.220. The van der Waals surface area contributed by atoms with E-state index in [4.69, 9.17) is 18.6 Å². The Morgan fingerprint density at radius 3 is 2.52 bits per heavy atom. The predicted octanol–water partition coefficient (Wildman–Crippen LogP) is 5.04. The highest BCUT2D eigenvalue weighted by molar-refractivity contribution is 5.89. The maximum Gasteiger partial charge on any atom is 0.306 e. The first-order valence-electron chi connectivity index (χ1n) is 12.9. The molecule has 5 aromatic rings. The fraction of sp³-hybridized carbons (Fsp3) is 0.219. The molecule has 8 nitrogen and oxygen atoms in total. The average Bonchev–Trinajstić information content (AvgIpc) is 3.43. The highest BCUT2D eigenvalue weighted by atomic mass is 16.5. The quantitative estimate of drug-likeness (QED) is 0.268. The Morgan fingerprint density at radius 2 is 1.80 bits per heavy atom. The highest BCUT2D eigenvalue weighted by Crippen LogP contribution is 2.40. The number of para-hydroxylation sites is 1. The summed E-state index contributed by atoms with van der Waals surface area (Å²) in [6.45, 7) is 0.556. The Bertz CT molecular complexity index is 1900. The molecule has 6 rings (SSSR count). The smallest absolute Gasteiger partial charge is 0.306 e. The minimum absolute atomic E-state index is 0.143. The molecular formula is C32H27NO7. The first-order chi connectivity index (χ1) is 19.4. The fourth-order valence-corrected chi connectivity index (χ4v) is 5.74. The van der Waals surface area contributed by atoms with E-state index in [1.54, 1.807) is 48.1 Å². The Kier molecular flexibility index (Phi) is 6.38. The van der Waals surface area contributed by atoms with E-state index in [2.05, 4.69) is 0 Å². The van der Waals surface area contributed by atoms with Gasteiger partial charge in [-0.15, -0.1) is 0 Å². The largest absolute Gasteiger partial charge is 0.497 e. The van der Waals surface area contributed by atoms with Gasteiger partial charge in [-0.05, 0) is 53.3 Å². The Balaban J connectivity index is 1.61. The van der Waals surface area contributed by atoms with Crippen LogP contribution in [-0.2, 0) is 22.5 Å². The molecule has 8 heteroatoms. The monoisotopic (exact) mass is 537 g/mol. The zero-order valence-electron chi connectivity index (χ0n) is 22.4. The number of esters is 1. The molecule has 0 aliphatic carbocycles. The summed E-state index contributed by atoms with van der Waals surface area (Å²) < 4.78 is 23.9. The minimum atomic E-state index is -0.786. The molecule has 3 heterocycles. The van der Waals surface area contributed by atoms with Crippen molar-refractivity contribution in [3.63, 3.8) is 0 Å². The van der Waals surface area contributed by atoms with Gasteiger partial charge in [0.25, 0.3) is 5.56 Å². The number of pyridine rings is 1. The van der Waals surface area contributed by atoms with Crippen molar-refractivity contribution in [2.24, 2.45) is 0 Å². The summed E-state index contributed by atoms with van der Waals surface area (Å²) in [7, 11) is 4.38. The number of aromatic nitrogens is 1. The molecule has 1 atom stereocenters. The van der Waals surface area contributed by atoms with E-state index < -0.39 is 11.9 Å². The lowest BCUT2D eigenvalue weighted by molar-refractivity contribution is -0.140. The van der Waals surface area contributed by atoms with E-state index in [9.17, 15) is 14.4 Å². The lowest BCUT2D eigenvalue weighted by Crippen LogP contribution is -2.26. The molecule has 0 N–H and O–H groups in total. The van der Waals surface area contributed by atoms with Crippen molar-refractivity contribution in [2.75, 3.05) is 21.3 Å². The number of methoxy groups -OCH3 is 3. The van der Waals surface area contributed by atoms with Crippen LogP contribution in [0.4, 0.5) is 0 Å². The Hall–Kier alpha value is -4.85. The number of carbonyl (C=O) groups excluding carboxylic acids is 1. The van der Waals surface area contributed by atoms with Crippen molar-refractivity contribution in [1.82, 2.24) is 4.57 Å². The van der Waals surface area contributed by atoms with Gasteiger partial charge in [0.15, 0.2) is 0 Å². The molecule has 0 bridgehead atoms. The second-order valence-electron chi connectivity index (χ2n) is 9.76. The third-order valence-electron chi connectivity index (χ3n) is 7.71. The highest BCUT2D eigenvalue weighted by Gasteiger charge is 2.31. The number of nitrogens with zero attached hydrogens (tertiary/aromatic N) is 1. The van der Waals surface area contributed by atoms with Crippen molar-refractivity contribution in [2.45, 2.75) is 25.3 Å². The number of ether oxygens (including phenoxy) is 3. The Labute approximate surface area is 229 Å². The summed E-state index contributed by atoms with van der Waals surface area (Å²) >= 11 is 0. The maximum atomic E-state index is 13.9. The lowest BCUT2D eigenvalue weighted by atomic mass is 9.86. The van der Waals surface area contributed by atoms with Crippen LogP contribution in [0.25, 0.3) is 33.0 Å². The summed E-state index contributed by atoms with van der Waals surface area (Å²) in [5, 5.41) is 1.22. The average molecular weight is 538 g/mol. The van der Waals surface area contributed by atoms with Crippen LogP contribution in [-0.4, -0.2) is 31.9 Å². The predicted molar refractivity (Wildman–Crippen MR) is 151 cm³/mol. The van der Waals surface area contributed by atoms with Crippen LogP contribution < -0.4 is 20.5 Å². The molecule has 2 aromatic heterocycles.